The molecule has 0 aliphatic heterocycles. The molecule has 1 fully saturated rings. The van der Waals surface area contributed by atoms with Gasteiger partial charge >= 0.3 is 5.69 Å². The van der Waals surface area contributed by atoms with Crippen molar-refractivity contribution in [2.45, 2.75) is 51.2 Å². The largest absolute Gasteiger partial charge is 0.391 e. The van der Waals surface area contributed by atoms with E-state index in [0.29, 0.717) is 18.9 Å². The molecule has 2 rings (SSSR count). The van der Waals surface area contributed by atoms with E-state index >= 15 is 0 Å². The molecule has 0 radical (unpaired) electrons. The molecule has 21 heavy (non-hydrogen) atoms. The van der Waals surface area contributed by atoms with Gasteiger partial charge in [0.2, 0.25) is 11.8 Å². The highest BCUT2D eigenvalue weighted by molar-refractivity contribution is 5.57. The second-order valence-electron chi connectivity index (χ2n) is 5.21. The van der Waals surface area contributed by atoms with E-state index in [1.807, 2.05) is 6.92 Å². The van der Waals surface area contributed by atoms with Crippen LogP contribution in [0.2, 0.25) is 0 Å². The standard InChI is InChI=1S/C13H21N5O3/c1-2-7-14-13-15-8-10(18(20)21)12(17-13)16-9-5-3-4-6-11(9)19/h8-9,11,19H,2-7H2,1H3,(H2,14,15,16,17). The topological polar surface area (TPSA) is 113 Å². The number of hydrogen-bond donors (Lipinski definition) is 3. The van der Waals surface area contributed by atoms with Crippen LogP contribution in [0.5, 0.6) is 0 Å². The van der Waals surface area contributed by atoms with Crippen molar-refractivity contribution in [2.75, 3.05) is 17.2 Å². The summed E-state index contributed by atoms with van der Waals surface area (Å²) in [5.74, 6) is 0.523. The van der Waals surface area contributed by atoms with Gasteiger partial charge in [0, 0.05) is 6.54 Å². The van der Waals surface area contributed by atoms with Crippen molar-refractivity contribution in [3.8, 4) is 0 Å². The second kappa shape index (κ2) is 7.16. The van der Waals surface area contributed by atoms with E-state index in [0.717, 1.165) is 25.7 Å². The normalized spacial score (nSPS) is 21.8. The third-order valence-corrected chi connectivity index (χ3v) is 3.55. The van der Waals surface area contributed by atoms with Gasteiger partial charge in [-0.05, 0) is 19.3 Å². The SMILES string of the molecule is CCCNc1ncc([N+](=O)[O-])c(NC2CCCCC2O)n1. The van der Waals surface area contributed by atoms with E-state index in [2.05, 4.69) is 20.6 Å². The van der Waals surface area contributed by atoms with Gasteiger partial charge in [-0.15, -0.1) is 0 Å². The highest BCUT2D eigenvalue weighted by Crippen LogP contribution is 2.27. The van der Waals surface area contributed by atoms with Crippen molar-refractivity contribution in [3.05, 3.63) is 16.3 Å². The molecule has 2 unspecified atom stereocenters. The van der Waals surface area contributed by atoms with E-state index < -0.39 is 11.0 Å². The molecular formula is C13H21N5O3. The van der Waals surface area contributed by atoms with Crippen molar-refractivity contribution in [2.24, 2.45) is 0 Å². The summed E-state index contributed by atoms with van der Waals surface area (Å²) in [7, 11) is 0. The number of anilines is 2. The van der Waals surface area contributed by atoms with Crippen molar-refractivity contribution < 1.29 is 10.0 Å². The Hall–Kier alpha value is -1.96. The maximum atomic E-state index is 11.1. The smallest absolute Gasteiger partial charge is 0.329 e. The van der Waals surface area contributed by atoms with E-state index in [1.54, 1.807) is 0 Å². The predicted molar refractivity (Wildman–Crippen MR) is 79.4 cm³/mol. The quantitative estimate of drug-likeness (QED) is 0.542. The minimum atomic E-state index is -0.513. The van der Waals surface area contributed by atoms with E-state index in [4.69, 9.17) is 0 Å². The molecule has 1 saturated carbocycles. The molecule has 1 aliphatic rings. The lowest BCUT2D eigenvalue weighted by molar-refractivity contribution is -0.384. The summed E-state index contributed by atoms with van der Waals surface area (Å²) in [6, 6.07) is -0.202. The van der Waals surface area contributed by atoms with Gasteiger partial charge < -0.3 is 15.7 Å². The van der Waals surface area contributed by atoms with E-state index in [1.165, 1.54) is 6.20 Å². The maximum absolute atomic E-state index is 11.1. The van der Waals surface area contributed by atoms with Crippen molar-refractivity contribution in [3.63, 3.8) is 0 Å². The van der Waals surface area contributed by atoms with Gasteiger partial charge in [0.05, 0.1) is 17.1 Å². The lowest BCUT2D eigenvalue weighted by Gasteiger charge is -2.28. The molecule has 2 atom stereocenters. The van der Waals surface area contributed by atoms with E-state index in [-0.39, 0.29) is 17.5 Å². The summed E-state index contributed by atoms with van der Waals surface area (Å²) in [5, 5.41) is 27.1. The zero-order chi connectivity index (χ0) is 15.2. The fourth-order valence-corrected chi connectivity index (χ4v) is 2.39. The Balaban J connectivity index is 2.19. The monoisotopic (exact) mass is 295 g/mol. The molecule has 0 amide bonds. The van der Waals surface area contributed by atoms with Crippen LogP contribution in [-0.2, 0) is 0 Å². The summed E-state index contributed by atoms with van der Waals surface area (Å²) in [6.45, 7) is 2.71. The Morgan fingerprint density at radius 2 is 2.24 bits per heavy atom. The van der Waals surface area contributed by atoms with Crippen molar-refractivity contribution >= 4 is 17.5 Å². The van der Waals surface area contributed by atoms with Gasteiger partial charge in [-0.1, -0.05) is 19.8 Å². The summed E-state index contributed by atoms with van der Waals surface area (Å²) in [4.78, 5) is 18.7. The highest BCUT2D eigenvalue weighted by Gasteiger charge is 2.26. The predicted octanol–water partition coefficient (Wildman–Crippen LogP) is 1.92. The molecule has 116 valence electrons. The molecule has 3 N–H and O–H groups in total. The first-order valence-corrected chi connectivity index (χ1v) is 7.31. The van der Waals surface area contributed by atoms with Gasteiger partial charge in [0.1, 0.15) is 6.20 Å². The number of nitro groups is 1. The molecule has 0 bridgehead atoms. The van der Waals surface area contributed by atoms with Crippen LogP contribution in [0.15, 0.2) is 6.20 Å². The third kappa shape index (κ3) is 4.01. The number of hydrogen-bond acceptors (Lipinski definition) is 7. The molecule has 0 aromatic carbocycles. The first-order valence-electron chi connectivity index (χ1n) is 7.31. The van der Waals surface area contributed by atoms with Crippen LogP contribution in [0.1, 0.15) is 39.0 Å². The Morgan fingerprint density at radius 3 is 2.90 bits per heavy atom. The highest BCUT2D eigenvalue weighted by atomic mass is 16.6. The maximum Gasteiger partial charge on any atom is 0.329 e. The zero-order valence-corrected chi connectivity index (χ0v) is 12.1. The molecule has 1 aromatic rings. The molecular weight excluding hydrogens is 274 g/mol. The average molecular weight is 295 g/mol. The summed E-state index contributed by atoms with van der Waals surface area (Å²) in [5.41, 5.74) is -0.171. The lowest BCUT2D eigenvalue weighted by Crippen LogP contribution is -2.36. The van der Waals surface area contributed by atoms with Crippen LogP contribution in [0, 0.1) is 10.1 Å². The first kappa shape index (κ1) is 15.4. The van der Waals surface area contributed by atoms with Gasteiger partial charge in [0.15, 0.2) is 0 Å². The number of nitrogens with zero attached hydrogens (tertiary/aromatic N) is 3. The summed E-state index contributed by atoms with van der Waals surface area (Å²) in [6.07, 6.45) is 5.06. The average Bonchev–Trinajstić information content (AvgIpc) is 2.47. The van der Waals surface area contributed by atoms with Gasteiger partial charge in [0.25, 0.3) is 0 Å². The van der Waals surface area contributed by atoms with Crippen LogP contribution in [0.4, 0.5) is 17.5 Å². The number of aromatic nitrogens is 2. The van der Waals surface area contributed by atoms with E-state index in [9.17, 15) is 15.2 Å². The number of aliphatic hydroxyl groups excluding tert-OH is 1. The lowest BCUT2D eigenvalue weighted by atomic mass is 9.92. The second-order valence-corrected chi connectivity index (χ2v) is 5.21. The molecule has 0 spiro atoms. The van der Waals surface area contributed by atoms with Gasteiger partial charge in [-0.2, -0.15) is 4.98 Å². The molecule has 8 heteroatoms. The Bertz CT molecular complexity index is 497. The van der Waals surface area contributed by atoms with Gasteiger partial charge in [-0.25, -0.2) is 4.98 Å². The van der Waals surface area contributed by atoms with Crippen LogP contribution in [0.25, 0.3) is 0 Å². The van der Waals surface area contributed by atoms with Crippen LogP contribution < -0.4 is 10.6 Å². The number of rotatable bonds is 6. The fourth-order valence-electron chi connectivity index (χ4n) is 2.39. The third-order valence-electron chi connectivity index (χ3n) is 3.55. The zero-order valence-electron chi connectivity index (χ0n) is 12.1. The van der Waals surface area contributed by atoms with Crippen LogP contribution >= 0.6 is 0 Å². The minimum Gasteiger partial charge on any atom is -0.391 e. The fraction of sp³-hybridized carbons (Fsp3) is 0.692. The first-order chi connectivity index (χ1) is 10.1. The Labute approximate surface area is 123 Å². The van der Waals surface area contributed by atoms with Crippen LogP contribution in [-0.4, -0.2) is 38.7 Å². The van der Waals surface area contributed by atoms with Crippen LogP contribution in [0.3, 0.4) is 0 Å². The minimum absolute atomic E-state index is 0.166. The van der Waals surface area contributed by atoms with Crippen molar-refractivity contribution in [1.82, 2.24) is 9.97 Å². The Morgan fingerprint density at radius 1 is 1.48 bits per heavy atom. The molecule has 8 nitrogen and oxygen atoms in total. The van der Waals surface area contributed by atoms with Crippen molar-refractivity contribution in [1.29, 1.82) is 0 Å². The molecule has 1 aliphatic carbocycles. The summed E-state index contributed by atoms with van der Waals surface area (Å²) < 4.78 is 0. The number of nitrogens with one attached hydrogen (secondary N) is 2. The van der Waals surface area contributed by atoms with Gasteiger partial charge in [-0.3, -0.25) is 10.1 Å². The molecule has 1 aromatic heterocycles. The Kier molecular flexibility index (Phi) is 5.26. The summed E-state index contributed by atoms with van der Waals surface area (Å²) >= 11 is 0. The molecule has 0 saturated heterocycles. The number of aliphatic hydroxyl groups is 1. The molecule has 1 heterocycles.